The van der Waals surface area contributed by atoms with Gasteiger partial charge in [0, 0.05) is 24.8 Å². The number of nitrogens with one attached hydrogen (secondary N) is 2. The zero-order chi connectivity index (χ0) is 27.4. The number of imidazole rings is 1. The van der Waals surface area contributed by atoms with E-state index in [1.807, 2.05) is 28.2 Å². The number of nitrogens with zero attached hydrogens (tertiary/aromatic N) is 5. The number of H-pyrrole nitrogens is 1. The lowest BCUT2D eigenvalue weighted by Gasteiger charge is -2.24. The molecule has 2 aromatic heterocycles. The lowest BCUT2D eigenvalue weighted by molar-refractivity contribution is -0.173. The molecule has 3 atom stereocenters. The topological polar surface area (TPSA) is 147 Å². The first kappa shape index (κ1) is 29.9. The number of aromatic nitrogens is 4. The smallest absolute Gasteiger partial charge is 0.394 e. The minimum atomic E-state index is -4.93. The monoisotopic (exact) mass is 679 g/mol. The SMILES string of the molecule is CN(I)C=Nc1nc2c(ncn2[C@H]2CC(OCSSC(C)(C)CNC(=O)C(F)(F)F)[C@@H](CO)O2)c(=O)[nH]1. The van der Waals surface area contributed by atoms with Crippen LogP contribution in [0.4, 0.5) is 19.1 Å². The number of hydrogen-bond acceptors (Lipinski definition) is 10. The van der Waals surface area contributed by atoms with E-state index in [-0.39, 0.29) is 36.2 Å². The second kappa shape index (κ2) is 12.5. The molecule has 3 rings (SSSR count). The van der Waals surface area contributed by atoms with Gasteiger partial charge in [0.1, 0.15) is 24.6 Å². The number of aliphatic hydroxyl groups excluding tert-OH is 1. The minimum absolute atomic E-state index is 0.0923. The normalized spacial score (nSPS) is 20.7. The highest BCUT2D eigenvalue weighted by molar-refractivity contribution is 14.1. The van der Waals surface area contributed by atoms with Gasteiger partial charge in [0.15, 0.2) is 11.2 Å². The predicted molar refractivity (Wildman–Crippen MR) is 142 cm³/mol. The van der Waals surface area contributed by atoms with Crippen LogP contribution < -0.4 is 10.9 Å². The molecule has 1 amide bonds. The number of halogens is 4. The molecule has 2 aromatic rings. The molecule has 3 heterocycles. The maximum absolute atomic E-state index is 12.4. The molecule has 1 saturated heterocycles. The number of rotatable bonds is 11. The molecule has 12 nitrogen and oxygen atoms in total. The van der Waals surface area contributed by atoms with Crippen LogP contribution in [0.25, 0.3) is 11.2 Å². The molecular weight excluding hydrogens is 654 g/mol. The van der Waals surface area contributed by atoms with Crippen LogP contribution in [0.15, 0.2) is 16.1 Å². The Balaban J connectivity index is 1.59. The summed E-state index contributed by atoms with van der Waals surface area (Å²) in [4.78, 5) is 38.6. The van der Waals surface area contributed by atoms with Gasteiger partial charge in [0.05, 0.1) is 41.9 Å². The number of carbonyl (C=O) groups excluding carboxylic acids is 1. The average molecular weight is 679 g/mol. The Morgan fingerprint density at radius 3 is 2.89 bits per heavy atom. The lowest BCUT2D eigenvalue weighted by Crippen LogP contribution is -2.42. The molecule has 0 radical (unpaired) electrons. The lowest BCUT2D eigenvalue weighted by atomic mass is 10.2. The first-order chi connectivity index (χ1) is 17.3. The first-order valence-corrected chi connectivity index (χ1v) is 14.0. The maximum Gasteiger partial charge on any atom is 0.471 e. The molecule has 1 fully saturated rings. The van der Waals surface area contributed by atoms with Crippen molar-refractivity contribution >= 4 is 73.8 Å². The van der Waals surface area contributed by atoms with Crippen LogP contribution in [-0.4, -0.2) is 89.3 Å². The Hall–Kier alpha value is -1.61. The van der Waals surface area contributed by atoms with Gasteiger partial charge < -0.3 is 23.0 Å². The highest BCUT2D eigenvalue weighted by Gasteiger charge is 2.40. The summed E-state index contributed by atoms with van der Waals surface area (Å²) in [6.45, 7) is 2.90. The van der Waals surface area contributed by atoms with Crippen molar-refractivity contribution in [1.29, 1.82) is 0 Å². The summed E-state index contributed by atoms with van der Waals surface area (Å²) in [7, 11) is 4.28. The highest BCUT2D eigenvalue weighted by atomic mass is 127. The number of fused-ring (bicyclic) bond motifs is 1. The van der Waals surface area contributed by atoms with Gasteiger partial charge in [-0.2, -0.15) is 18.2 Å². The van der Waals surface area contributed by atoms with E-state index in [2.05, 4.69) is 19.9 Å². The summed E-state index contributed by atoms with van der Waals surface area (Å²) >= 11 is 2.00. The summed E-state index contributed by atoms with van der Waals surface area (Å²) in [5.74, 6) is -1.74. The molecule has 0 aliphatic carbocycles. The van der Waals surface area contributed by atoms with Gasteiger partial charge >= 0.3 is 12.1 Å². The van der Waals surface area contributed by atoms with Crippen molar-refractivity contribution in [3.8, 4) is 0 Å². The summed E-state index contributed by atoms with van der Waals surface area (Å²) in [6.07, 6.45) is -3.47. The van der Waals surface area contributed by atoms with Crippen molar-refractivity contribution in [2.45, 2.75) is 49.6 Å². The molecule has 0 spiro atoms. The van der Waals surface area contributed by atoms with Crippen LogP contribution in [0, 0.1) is 0 Å². The number of carbonyl (C=O) groups is 1. The van der Waals surface area contributed by atoms with Crippen molar-refractivity contribution < 1.29 is 32.5 Å². The molecule has 18 heteroatoms. The molecule has 0 bridgehead atoms. The van der Waals surface area contributed by atoms with E-state index >= 15 is 0 Å². The molecule has 37 heavy (non-hydrogen) atoms. The third-order valence-electron chi connectivity index (χ3n) is 4.98. The fourth-order valence-electron chi connectivity index (χ4n) is 3.25. The summed E-state index contributed by atoms with van der Waals surface area (Å²) < 4.78 is 51.5. The van der Waals surface area contributed by atoms with Crippen LogP contribution in [0.5, 0.6) is 0 Å². The van der Waals surface area contributed by atoms with Gasteiger partial charge in [-0.15, -0.1) is 0 Å². The quantitative estimate of drug-likeness (QED) is 0.0616. The third kappa shape index (κ3) is 8.19. The number of alkyl halides is 3. The van der Waals surface area contributed by atoms with Crippen LogP contribution in [0.2, 0.25) is 0 Å². The van der Waals surface area contributed by atoms with E-state index in [9.17, 15) is 27.9 Å². The van der Waals surface area contributed by atoms with E-state index in [1.165, 1.54) is 34.3 Å². The van der Waals surface area contributed by atoms with Crippen molar-refractivity contribution in [3.63, 3.8) is 0 Å². The first-order valence-electron chi connectivity index (χ1n) is 10.7. The molecule has 3 N–H and O–H groups in total. The van der Waals surface area contributed by atoms with Crippen molar-refractivity contribution in [3.05, 3.63) is 16.7 Å². The van der Waals surface area contributed by atoms with Gasteiger partial charge in [-0.05, 0) is 13.8 Å². The fourth-order valence-corrected chi connectivity index (χ4v) is 5.55. The van der Waals surface area contributed by atoms with Gasteiger partial charge in [-0.25, -0.2) is 9.98 Å². The van der Waals surface area contributed by atoms with Gasteiger partial charge in [-0.3, -0.25) is 19.1 Å². The number of aliphatic imine (C=N–C) groups is 1. The van der Waals surface area contributed by atoms with Gasteiger partial charge in [0.2, 0.25) is 5.95 Å². The summed E-state index contributed by atoms with van der Waals surface area (Å²) in [5.41, 5.74) is -0.0805. The maximum atomic E-state index is 12.4. The molecule has 206 valence electrons. The molecular formula is C19H25F3IN7O5S2. The number of ether oxygens (including phenoxy) is 2. The third-order valence-corrected chi connectivity index (χ3v) is 8.17. The van der Waals surface area contributed by atoms with Crippen molar-refractivity contribution in [1.82, 2.24) is 27.9 Å². The van der Waals surface area contributed by atoms with E-state index in [0.29, 0.717) is 6.42 Å². The Morgan fingerprint density at radius 2 is 2.24 bits per heavy atom. The second-order valence-electron chi connectivity index (χ2n) is 8.49. The van der Waals surface area contributed by atoms with Gasteiger partial charge in [-0.1, -0.05) is 21.6 Å². The molecule has 0 saturated carbocycles. The van der Waals surface area contributed by atoms with E-state index in [4.69, 9.17) is 9.47 Å². The van der Waals surface area contributed by atoms with E-state index in [0.717, 1.165) is 0 Å². The molecule has 0 aromatic carbocycles. The van der Waals surface area contributed by atoms with E-state index in [1.54, 1.807) is 28.6 Å². The number of aromatic amines is 1. The van der Waals surface area contributed by atoms with Crippen LogP contribution in [0.3, 0.4) is 0 Å². The number of hydrogen-bond donors (Lipinski definition) is 3. The Bertz CT molecular complexity index is 1180. The van der Waals surface area contributed by atoms with Crippen molar-refractivity contribution in [2.75, 3.05) is 26.1 Å². The highest BCUT2D eigenvalue weighted by Crippen LogP contribution is 2.38. The fraction of sp³-hybridized carbons (Fsp3) is 0.632. The molecule has 1 unspecified atom stereocenters. The largest absolute Gasteiger partial charge is 0.471 e. The van der Waals surface area contributed by atoms with Crippen molar-refractivity contribution in [2.24, 2.45) is 4.99 Å². The van der Waals surface area contributed by atoms with Crippen LogP contribution in [0.1, 0.15) is 26.5 Å². The summed E-state index contributed by atoms with van der Waals surface area (Å²) in [5, 5.41) is 11.7. The zero-order valence-corrected chi connectivity index (χ0v) is 23.7. The Morgan fingerprint density at radius 1 is 1.51 bits per heavy atom. The number of amides is 1. The van der Waals surface area contributed by atoms with Gasteiger partial charge in [0.25, 0.3) is 5.56 Å². The predicted octanol–water partition coefficient (Wildman–Crippen LogP) is 2.52. The Labute approximate surface area is 231 Å². The van der Waals surface area contributed by atoms with Crippen LogP contribution in [-0.2, 0) is 14.3 Å². The standard InChI is InChI=1S/C19H25F3IN7O5S2/c1-18(2,6-24-16(33)19(20,21)22)37-36-9-34-10-4-12(35-11(10)5-31)30-8-25-13-14(30)27-17(28-15(13)32)26-7-29(3)23/h7-8,10-12,31H,4-6,9H2,1-3H3,(H,24,33)(H,27,28,32)/t10?,11-,12-/m1/s1. The summed E-state index contributed by atoms with van der Waals surface area (Å²) in [6, 6.07) is 0. The second-order valence-corrected chi connectivity index (χ2v) is 13.0. The Kier molecular flexibility index (Phi) is 10.1. The average Bonchev–Trinajstić information content (AvgIpc) is 3.42. The minimum Gasteiger partial charge on any atom is -0.394 e. The van der Waals surface area contributed by atoms with Crippen LogP contribution >= 0.6 is 44.5 Å². The molecule has 1 aliphatic heterocycles. The molecule has 1 aliphatic rings. The zero-order valence-electron chi connectivity index (χ0n) is 19.9. The number of aliphatic hydroxyl groups is 1. The van der Waals surface area contributed by atoms with E-state index < -0.39 is 40.8 Å².